The van der Waals surface area contributed by atoms with Crippen LogP contribution in [0.2, 0.25) is 0 Å². The van der Waals surface area contributed by atoms with Crippen LogP contribution in [0, 0.1) is 5.41 Å². The summed E-state index contributed by atoms with van der Waals surface area (Å²) in [7, 11) is 3.63. The van der Waals surface area contributed by atoms with Gasteiger partial charge in [-0.15, -0.1) is 0 Å². The summed E-state index contributed by atoms with van der Waals surface area (Å²) in [4.78, 5) is 13.7. The van der Waals surface area contributed by atoms with E-state index in [0.717, 1.165) is 0 Å². The van der Waals surface area contributed by atoms with Crippen LogP contribution in [0.1, 0.15) is 19.2 Å². The maximum atomic E-state index is 7.59. The average molecular weight is 194 g/mol. The minimum absolute atomic E-state index is 0.150. The number of hydrogen-bond donors (Lipinski definition) is 2. The van der Waals surface area contributed by atoms with Crippen molar-refractivity contribution in [2.24, 2.45) is 0 Å². The van der Waals surface area contributed by atoms with E-state index < -0.39 is 0 Å². The van der Waals surface area contributed by atoms with E-state index >= 15 is 0 Å². The smallest absolute Gasteiger partial charge is 0.230 e. The first kappa shape index (κ1) is 10.4. The van der Waals surface area contributed by atoms with Gasteiger partial charge in [-0.05, 0) is 6.42 Å². The van der Waals surface area contributed by atoms with Crippen LogP contribution in [0.5, 0.6) is 0 Å². The molecule has 0 spiro atoms. The van der Waals surface area contributed by atoms with Gasteiger partial charge in [-0.2, -0.15) is 15.0 Å². The first-order chi connectivity index (χ1) is 6.54. The molecule has 1 rings (SSSR count). The molecule has 14 heavy (non-hydrogen) atoms. The van der Waals surface area contributed by atoms with Gasteiger partial charge in [0.2, 0.25) is 11.9 Å². The van der Waals surface area contributed by atoms with Gasteiger partial charge < -0.3 is 16.0 Å². The molecule has 0 radical (unpaired) electrons. The summed E-state index contributed by atoms with van der Waals surface area (Å²) < 4.78 is 0. The van der Waals surface area contributed by atoms with Crippen molar-refractivity contribution in [3.63, 3.8) is 0 Å². The van der Waals surface area contributed by atoms with Gasteiger partial charge in [0.05, 0.1) is 5.71 Å². The molecule has 0 unspecified atom stereocenters. The number of aromatic nitrogens is 3. The van der Waals surface area contributed by atoms with Crippen LogP contribution in [0.25, 0.3) is 0 Å². The van der Waals surface area contributed by atoms with Crippen LogP contribution in [0.4, 0.5) is 11.9 Å². The highest BCUT2D eigenvalue weighted by atomic mass is 15.3. The molecule has 6 nitrogen and oxygen atoms in total. The molecule has 76 valence electrons. The molecule has 3 N–H and O–H groups in total. The van der Waals surface area contributed by atoms with Crippen molar-refractivity contribution in [3.8, 4) is 0 Å². The minimum atomic E-state index is 0.150. The van der Waals surface area contributed by atoms with Crippen LogP contribution < -0.4 is 10.6 Å². The number of rotatable bonds is 3. The predicted octanol–water partition coefficient (Wildman–Crippen LogP) is 0.298. The van der Waals surface area contributed by atoms with Gasteiger partial charge in [-0.3, -0.25) is 0 Å². The second-order valence-electron chi connectivity index (χ2n) is 3.04. The highest BCUT2D eigenvalue weighted by molar-refractivity contribution is 5.94. The Morgan fingerprint density at radius 1 is 1.36 bits per heavy atom. The number of hydrogen-bond acceptors (Lipinski definition) is 6. The molecule has 1 heterocycles. The normalized spacial score (nSPS) is 9.93. The van der Waals surface area contributed by atoms with Gasteiger partial charge >= 0.3 is 0 Å². The maximum absolute atomic E-state index is 7.59. The number of nitrogen functional groups attached to an aromatic ring is 1. The molecule has 1 aromatic rings. The average Bonchev–Trinajstić information content (AvgIpc) is 2.15. The van der Waals surface area contributed by atoms with E-state index in [9.17, 15) is 0 Å². The van der Waals surface area contributed by atoms with E-state index in [1.54, 1.807) is 4.90 Å². The van der Waals surface area contributed by atoms with Crippen LogP contribution >= 0.6 is 0 Å². The van der Waals surface area contributed by atoms with Crippen molar-refractivity contribution in [2.45, 2.75) is 13.3 Å². The zero-order valence-corrected chi connectivity index (χ0v) is 8.57. The van der Waals surface area contributed by atoms with Gasteiger partial charge in [0, 0.05) is 14.1 Å². The SMILES string of the molecule is CCC(=N)c1nc(N)nc(N(C)C)n1. The molecular formula is C8H14N6. The fourth-order valence-corrected chi connectivity index (χ4v) is 0.874. The topological polar surface area (TPSA) is 91.8 Å². The van der Waals surface area contributed by atoms with E-state index in [-0.39, 0.29) is 5.95 Å². The monoisotopic (exact) mass is 194 g/mol. The first-order valence-corrected chi connectivity index (χ1v) is 4.31. The van der Waals surface area contributed by atoms with Gasteiger partial charge in [0.25, 0.3) is 0 Å². The fourth-order valence-electron chi connectivity index (χ4n) is 0.874. The van der Waals surface area contributed by atoms with Crippen LogP contribution in [0.15, 0.2) is 0 Å². The molecule has 0 atom stereocenters. The lowest BCUT2D eigenvalue weighted by Gasteiger charge is -2.11. The Morgan fingerprint density at radius 2 is 2.00 bits per heavy atom. The molecule has 0 aromatic carbocycles. The fraction of sp³-hybridized carbons (Fsp3) is 0.500. The Morgan fingerprint density at radius 3 is 2.50 bits per heavy atom. The second-order valence-corrected chi connectivity index (χ2v) is 3.04. The van der Waals surface area contributed by atoms with E-state index in [0.29, 0.717) is 23.9 Å². The van der Waals surface area contributed by atoms with Crippen molar-refractivity contribution < 1.29 is 0 Å². The number of nitrogens with one attached hydrogen (secondary N) is 1. The second kappa shape index (κ2) is 3.99. The van der Waals surface area contributed by atoms with Crippen molar-refractivity contribution in [2.75, 3.05) is 24.7 Å². The number of nitrogens with zero attached hydrogens (tertiary/aromatic N) is 4. The van der Waals surface area contributed by atoms with E-state index in [1.807, 2.05) is 21.0 Å². The Kier molecular flexibility index (Phi) is 2.95. The summed E-state index contributed by atoms with van der Waals surface area (Å²) in [6.45, 7) is 1.87. The van der Waals surface area contributed by atoms with Gasteiger partial charge in [0.15, 0.2) is 5.82 Å². The molecule has 0 bridgehead atoms. The van der Waals surface area contributed by atoms with Crippen LogP contribution in [0.3, 0.4) is 0 Å². The Hall–Kier alpha value is -1.72. The van der Waals surface area contributed by atoms with Crippen molar-refractivity contribution in [1.82, 2.24) is 15.0 Å². The molecule has 0 aliphatic carbocycles. The molecule has 0 saturated heterocycles. The zero-order valence-electron chi connectivity index (χ0n) is 8.57. The van der Waals surface area contributed by atoms with Gasteiger partial charge in [0.1, 0.15) is 0 Å². The predicted molar refractivity (Wildman–Crippen MR) is 55.7 cm³/mol. The summed E-state index contributed by atoms with van der Waals surface area (Å²) in [6.07, 6.45) is 0.580. The zero-order chi connectivity index (χ0) is 10.7. The summed E-state index contributed by atoms with van der Waals surface area (Å²) in [5, 5.41) is 7.59. The molecule has 0 amide bonds. The van der Waals surface area contributed by atoms with Crippen molar-refractivity contribution >= 4 is 17.6 Å². The third-order valence-electron chi connectivity index (χ3n) is 1.66. The van der Waals surface area contributed by atoms with E-state index in [2.05, 4.69) is 15.0 Å². The molecule has 1 aromatic heterocycles. The number of nitrogens with two attached hydrogens (primary N) is 1. The lowest BCUT2D eigenvalue weighted by atomic mass is 10.3. The molecule has 0 aliphatic rings. The summed E-state index contributed by atoms with van der Waals surface area (Å²) in [6, 6.07) is 0. The first-order valence-electron chi connectivity index (χ1n) is 4.31. The summed E-state index contributed by atoms with van der Waals surface area (Å²) >= 11 is 0. The lowest BCUT2D eigenvalue weighted by molar-refractivity contribution is 0.947. The Balaban J connectivity index is 3.13. The highest BCUT2D eigenvalue weighted by Crippen LogP contribution is 2.06. The van der Waals surface area contributed by atoms with Crippen molar-refractivity contribution in [3.05, 3.63) is 5.82 Å². The molecular weight excluding hydrogens is 180 g/mol. The van der Waals surface area contributed by atoms with Gasteiger partial charge in [-0.1, -0.05) is 6.92 Å². The van der Waals surface area contributed by atoms with Crippen molar-refractivity contribution in [1.29, 1.82) is 5.41 Å². The number of anilines is 2. The molecule has 0 saturated carbocycles. The standard InChI is InChI=1S/C8H14N6/c1-4-5(9)6-11-7(10)13-8(12-6)14(2)3/h9H,4H2,1-3H3,(H2,10,11,12,13). The molecule has 6 heteroatoms. The van der Waals surface area contributed by atoms with Crippen LogP contribution in [-0.2, 0) is 0 Å². The highest BCUT2D eigenvalue weighted by Gasteiger charge is 2.08. The summed E-state index contributed by atoms with van der Waals surface area (Å²) in [5.41, 5.74) is 5.87. The largest absolute Gasteiger partial charge is 0.368 e. The third-order valence-corrected chi connectivity index (χ3v) is 1.66. The van der Waals surface area contributed by atoms with Gasteiger partial charge in [-0.25, -0.2) is 0 Å². The Labute approximate surface area is 82.7 Å². The molecule has 0 aliphatic heterocycles. The van der Waals surface area contributed by atoms with E-state index in [1.165, 1.54) is 0 Å². The lowest BCUT2D eigenvalue weighted by Crippen LogP contribution is -2.17. The third kappa shape index (κ3) is 2.15. The Bertz CT molecular complexity index is 346. The minimum Gasteiger partial charge on any atom is -0.368 e. The summed E-state index contributed by atoms with van der Waals surface area (Å²) in [5.74, 6) is 0.978. The molecule has 0 fully saturated rings. The van der Waals surface area contributed by atoms with E-state index in [4.69, 9.17) is 11.1 Å². The maximum Gasteiger partial charge on any atom is 0.230 e. The quantitative estimate of drug-likeness (QED) is 0.675. The van der Waals surface area contributed by atoms with Crippen LogP contribution in [-0.4, -0.2) is 34.8 Å².